The molecule has 0 saturated carbocycles. The van der Waals surface area contributed by atoms with Gasteiger partial charge >= 0.3 is 0 Å². The Morgan fingerprint density at radius 1 is 1.21 bits per heavy atom. The highest BCUT2D eigenvalue weighted by Gasteiger charge is 2.35. The summed E-state index contributed by atoms with van der Waals surface area (Å²) in [4.78, 5) is 28.1. The molecule has 2 saturated heterocycles. The fourth-order valence-corrected chi connectivity index (χ4v) is 5.00. The molecule has 1 aromatic carbocycles. The number of rotatable bonds is 5. The van der Waals surface area contributed by atoms with Crippen LogP contribution in [0.5, 0.6) is 5.75 Å². The smallest absolute Gasteiger partial charge is 0.229 e. The van der Waals surface area contributed by atoms with Crippen LogP contribution in [0.3, 0.4) is 0 Å². The third-order valence-electron chi connectivity index (χ3n) is 6.89. The molecule has 3 aliphatic heterocycles. The van der Waals surface area contributed by atoms with Crippen LogP contribution in [0.4, 0.5) is 28.8 Å². The highest BCUT2D eigenvalue weighted by Crippen LogP contribution is 2.38. The molecule has 1 atom stereocenters. The number of piperidine rings is 1. The number of amides is 1. The first-order valence-corrected chi connectivity index (χ1v) is 11.9. The van der Waals surface area contributed by atoms with Crippen molar-refractivity contribution in [2.24, 2.45) is 0 Å². The van der Waals surface area contributed by atoms with Gasteiger partial charge in [0.25, 0.3) is 0 Å². The fraction of sp³-hybridized carbons (Fsp3) is 0.542. The molecule has 0 radical (unpaired) electrons. The first-order chi connectivity index (χ1) is 16.0. The maximum absolute atomic E-state index is 12.6. The van der Waals surface area contributed by atoms with Crippen LogP contribution in [0.15, 0.2) is 24.4 Å². The Morgan fingerprint density at radius 3 is 2.82 bits per heavy atom. The highest BCUT2D eigenvalue weighted by molar-refractivity contribution is 5.97. The average Bonchev–Trinajstić information content (AvgIpc) is 3.25. The molecule has 2 aromatic rings. The predicted octanol–water partition coefficient (Wildman–Crippen LogP) is 2.92. The van der Waals surface area contributed by atoms with Crippen molar-refractivity contribution < 1.29 is 14.6 Å². The number of hydrogen-bond donors (Lipinski definition) is 2. The molecule has 3 aliphatic rings. The van der Waals surface area contributed by atoms with E-state index < -0.39 is 0 Å². The Bertz CT molecular complexity index is 1020. The number of aromatic nitrogens is 2. The summed E-state index contributed by atoms with van der Waals surface area (Å²) in [5, 5.41) is 13.1. The second-order valence-electron chi connectivity index (χ2n) is 9.01. The minimum absolute atomic E-state index is 0.106. The van der Waals surface area contributed by atoms with Gasteiger partial charge in [0.2, 0.25) is 11.9 Å². The zero-order valence-corrected chi connectivity index (χ0v) is 19.3. The largest absolute Gasteiger partial charge is 0.492 e. The predicted molar refractivity (Wildman–Crippen MR) is 129 cm³/mol. The SMILES string of the molecule is CCOc1cc(N2CCC(O)CC2)ccc1Nc1ncc2c(n1)N1CCC[C@H]1CC(=O)N2C. The van der Waals surface area contributed by atoms with Crippen molar-refractivity contribution in [3.63, 3.8) is 0 Å². The van der Waals surface area contributed by atoms with Gasteiger partial charge in [0.15, 0.2) is 5.82 Å². The molecule has 1 aromatic heterocycles. The van der Waals surface area contributed by atoms with Crippen molar-refractivity contribution in [3.05, 3.63) is 24.4 Å². The van der Waals surface area contributed by atoms with E-state index >= 15 is 0 Å². The van der Waals surface area contributed by atoms with Gasteiger partial charge in [-0.3, -0.25) is 4.79 Å². The molecule has 176 valence electrons. The summed E-state index contributed by atoms with van der Waals surface area (Å²) in [6.45, 7) is 5.07. The zero-order chi connectivity index (χ0) is 22.9. The number of aliphatic hydroxyl groups is 1. The van der Waals surface area contributed by atoms with Crippen molar-refractivity contribution in [3.8, 4) is 5.75 Å². The Morgan fingerprint density at radius 2 is 2.03 bits per heavy atom. The minimum Gasteiger partial charge on any atom is -0.492 e. The summed E-state index contributed by atoms with van der Waals surface area (Å²) < 4.78 is 5.94. The summed E-state index contributed by atoms with van der Waals surface area (Å²) in [6, 6.07) is 6.30. The van der Waals surface area contributed by atoms with Gasteiger partial charge in [0.05, 0.1) is 24.6 Å². The fourth-order valence-electron chi connectivity index (χ4n) is 5.00. The van der Waals surface area contributed by atoms with Crippen molar-refractivity contribution in [2.75, 3.05) is 53.3 Å². The third kappa shape index (κ3) is 4.29. The molecule has 0 unspecified atom stereocenters. The molecule has 0 bridgehead atoms. The molecule has 0 spiro atoms. The van der Waals surface area contributed by atoms with Crippen LogP contribution in [0.2, 0.25) is 0 Å². The van der Waals surface area contributed by atoms with Gasteiger partial charge in [0, 0.05) is 50.9 Å². The maximum Gasteiger partial charge on any atom is 0.229 e. The number of ether oxygens (including phenoxy) is 1. The molecular formula is C24H32N6O3. The van der Waals surface area contributed by atoms with E-state index in [1.165, 1.54) is 0 Å². The first kappa shape index (κ1) is 21.8. The number of anilines is 5. The molecule has 4 heterocycles. The van der Waals surface area contributed by atoms with Crippen LogP contribution in [0.25, 0.3) is 0 Å². The van der Waals surface area contributed by atoms with Crippen LogP contribution in [0, 0.1) is 0 Å². The summed E-state index contributed by atoms with van der Waals surface area (Å²) >= 11 is 0. The van der Waals surface area contributed by atoms with Crippen LogP contribution in [-0.4, -0.2) is 66.4 Å². The van der Waals surface area contributed by atoms with E-state index in [1.54, 1.807) is 18.1 Å². The van der Waals surface area contributed by atoms with Crippen molar-refractivity contribution in [1.29, 1.82) is 0 Å². The van der Waals surface area contributed by atoms with Crippen LogP contribution >= 0.6 is 0 Å². The standard InChI is InChI=1S/C24H32N6O3/c1-3-33-21-13-16(29-11-8-18(31)9-12-29)6-7-19(21)26-24-25-15-20-23(27-24)30-10-4-5-17(30)14-22(32)28(20)2/h6-7,13,15,17-18,31H,3-5,8-12,14H2,1-2H3,(H,25,26,27)/t17-/m0/s1. The summed E-state index contributed by atoms with van der Waals surface area (Å²) in [6.07, 6.45) is 5.68. The number of hydrogen-bond acceptors (Lipinski definition) is 8. The second-order valence-corrected chi connectivity index (χ2v) is 9.01. The Kier molecular flexibility index (Phi) is 5.97. The van der Waals surface area contributed by atoms with E-state index in [0.29, 0.717) is 19.0 Å². The zero-order valence-electron chi connectivity index (χ0n) is 19.3. The normalized spacial score (nSPS) is 21.0. The summed E-state index contributed by atoms with van der Waals surface area (Å²) in [5.74, 6) is 2.14. The summed E-state index contributed by atoms with van der Waals surface area (Å²) in [5.41, 5.74) is 2.63. The number of aliphatic hydroxyl groups excluding tert-OH is 1. The van der Waals surface area contributed by atoms with E-state index in [-0.39, 0.29) is 18.1 Å². The van der Waals surface area contributed by atoms with Crippen LogP contribution in [0.1, 0.15) is 39.0 Å². The van der Waals surface area contributed by atoms with Crippen molar-refractivity contribution in [1.82, 2.24) is 9.97 Å². The topological polar surface area (TPSA) is 94.1 Å². The Labute approximate surface area is 194 Å². The monoisotopic (exact) mass is 452 g/mol. The van der Waals surface area contributed by atoms with Crippen molar-refractivity contribution >= 4 is 34.7 Å². The van der Waals surface area contributed by atoms with Gasteiger partial charge in [-0.2, -0.15) is 4.98 Å². The summed E-state index contributed by atoms with van der Waals surface area (Å²) in [7, 11) is 1.80. The average molecular weight is 453 g/mol. The molecule has 33 heavy (non-hydrogen) atoms. The van der Waals surface area contributed by atoms with Crippen molar-refractivity contribution in [2.45, 2.75) is 51.2 Å². The van der Waals surface area contributed by atoms with Gasteiger partial charge in [-0.05, 0) is 44.7 Å². The van der Waals surface area contributed by atoms with Gasteiger partial charge in [0.1, 0.15) is 11.4 Å². The number of nitrogens with one attached hydrogen (secondary N) is 1. The molecule has 2 N–H and O–H groups in total. The molecule has 9 nitrogen and oxygen atoms in total. The molecule has 9 heteroatoms. The number of fused-ring (bicyclic) bond motifs is 3. The van der Waals surface area contributed by atoms with E-state index in [1.807, 2.05) is 19.1 Å². The number of benzene rings is 1. The lowest BCUT2D eigenvalue weighted by molar-refractivity contribution is -0.118. The minimum atomic E-state index is -0.205. The number of nitrogens with zero attached hydrogens (tertiary/aromatic N) is 5. The Hall–Kier alpha value is -3.07. The maximum atomic E-state index is 12.6. The number of carbonyl (C=O) groups is 1. The first-order valence-electron chi connectivity index (χ1n) is 11.9. The number of carbonyl (C=O) groups excluding carboxylic acids is 1. The van der Waals surface area contributed by atoms with Gasteiger partial charge < -0.3 is 29.9 Å². The third-order valence-corrected chi connectivity index (χ3v) is 6.89. The van der Waals surface area contributed by atoms with Crippen LogP contribution in [-0.2, 0) is 4.79 Å². The van der Waals surface area contributed by atoms with Gasteiger partial charge in [-0.1, -0.05) is 0 Å². The molecule has 5 rings (SSSR count). The highest BCUT2D eigenvalue weighted by atomic mass is 16.5. The lowest BCUT2D eigenvalue weighted by Gasteiger charge is -2.32. The van der Waals surface area contributed by atoms with E-state index in [4.69, 9.17) is 9.72 Å². The lowest BCUT2D eigenvalue weighted by atomic mass is 10.1. The lowest BCUT2D eigenvalue weighted by Crippen LogP contribution is -2.35. The van der Waals surface area contributed by atoms with Gasteiger partial charge in [-0.15, -0.1) is 0 Å². The van der Waals surface area contributed by atoms with Crippen LogP contribution < -0.4 is 24.8 Å². The van der Waals surface area contributed by atoms with E-state index in [9.17, 15) is 9.90 Å². The molecule has 0 aliphatic carbocycles. The molecule has 1 amide bonds. The molecular weight excluding hydrogens is 420 g/mol. The van der Waals surface area contributed by atoms with E-state index in [2.05, 4.69) is 26.2 Å². The Balaban J connectivity index is 1.42. The quantitative estimate of drug-likeness (QED) is 0.715. The second kappa shape index (κ2) is 9.05. The van der Waals surface area contributed by atoms with Gasteiger partial charge in [-0.25, -0.2) is 4.98 Å². The molecule has 2 fully saturated rings. The van der Waals surface area contributed by atoms with E-state index in [0.717, 1.165) is 73.9 Å².